The Morgan fingerprint density at radius 2 is 1.92 bits per heavy atom. The standard InChI is InChI=1S/C19H25F2NO2/c20-15-3-1-4-16(21)17(15)18(6-2-7-18)12-22-14-5-9-24-19(11-14)8-10-23-13-19/h1,3-4,14,22H,2,5-13H2. The molecule has 0 bridgehead atoms. The van der Waals surface area contributed by atoms with E-state index in [2.05, 4.69) is 5.32 Å². The molecule has 1 aromatic rings. The largest absolute Gasteiger partial charge is 0.378 e. The van der Waals surface area contributed by atoms with Crippen molar-refractivity contribution in [2.45, 2.75) is 55.6 Å². The van der Waals surface area contributed by atoms with Crippen LogP contribution in [0.3, 0.4) is 0 Å². The number of halogens is 2. The maximum absolute atomic E-state index is 14.3. The van der Waals surface area contributed by atoms with E-state index in [1.807, 2.05) is 0 Å². The third kappa shape index (κ3) is 2.87. The van der Waals surface area contributed by atoms with Crippen molar-refractivity contribution < 1.29 is 18.3 Å². The normalized spacial score (nSPS) is 32.0. The molecule has 2 unspecified atom stereocenters. The number of benzene rings is 1. The molecule has 1 saturated carbocycles. The van der Waals surface area contributed by atoms with Gasteiger partial charge in [0.1, 0.15) is 11.6 Å². The summed E-state index contributed by atoms with van der Waals surface area (Å²) in [7, 11) is 0. The van der Waals surface area contributed by atoms with Crippen LogP contribution in [-0.2, 0) is 14.9 Å². The zero-order valence-electron chi connectivity index (χ0n) is 14.0. The van der Waals surface area contributed by atoms with Crippen LogP contribution in [0.25, 0.3) is 0 Å². The summed E-state index contributed by atoms with van der Waals surface area (Å²) >= 11 is 0. The molecular formula is C19H25F2NO2. The third-order valence-corrected chi connectivity index (χ3v) is 6.09. The lowest BCUT2D eigenvalue weighted by Crippen LogP contribution is -2.52. The molecule has 0 aromatic heterocycles. The minimum absolute atomic E-state index is 0.147. The molecular weight excluding hydrogens is 312 g/mol. The smallest absolute Gasteiger partial charge is 0.129 e. The zero-order chi connectivity index (χ0) is 16.6. The van der Waals surface area contributed by atoms with E-state index in [-0.39, 0.29) is 11.2 Å². The van der Waals surface area contributed by atoms with Crippen LogP contribution in [0.2, 0.25) is 0 Å². The highest BCUT2D eigenvalue weighted by Gasteiger charge is 2.45. The highest BCUT2D eigenvalue weighted by molar-refractivity contribution is 5.32. The van der Waals surface area contributed by atoms with E-state index in [0.29, 0.717) is 19.2 Å². The Labute approximate surface area is 141 Å². The van der Waals surface area contributed by atoms with Crippen LogP contribution < -0.4 is 5.32 Å². The average Bonchev–Trinajstić information content (AvgIpc) is 2.96. The average molecular weight is 337 g/mol. The predicted molar refractivity (Wildman–Crippen MR) is 87.0 cm³/mol. The third-order valence-electron chi connectivity index (χ3n) is 6.09. The Bertz CT molecular complexity index is 577. The number of hydrogen-bond donors (Lipinski definition) is 1. The molecule has 1 N–H and O–H groups in total. The second-order valence-electron chi connectivity index (χ2n) is 7.64. The molecule has 5 heteroatoms. The van der Waals surface area contributed by atoms with Gasteiger partial charge in [0, 0.05) is 43.2 Å². The predicted octanol–water partition coefficient (Wildman–Crippen LogP) is 3.31. The van der Waals surface area contributed by atoms with Gasteiger partial charge in [-0.15, -0.1) is 0 Å². The highest BCUT2D eigenvalue weighted by atomic mass is 19.1. The van der Waals surface area contributed by atoms with Crippen LogP contribution in [-0.4, -0.2) is 38.0 Å². The van der Waals surface area contributed by atoms with Gasteiger partial charge in [0.15, 0.2) is 0 Å². The molecule has 2 aliphatic heterocycles. The van der Waals surface area contributed by atoms with Gasteiger partial charge in [0.25, 0.3) is 0 Å². The molecule has 3 aliphatic rings. The first kappa shape index (κ1) is 16.4. The lowest BCUT2D eigenvalue weighted by atomic mass is 9.64. The van der Waals surface area contributed by atoms with Gasteiger partial charge in [-0.3, -0.25) is 0 Å². The summed E-state index contributed by atoms with van der Waals surface area (Å²) in [6, 6.07) is 4.51. The van der Waals surface area contributed by atoms with Crippen LogP contribution in [0, 0.1) is 11.6 Å². The molecule has 24 heavy (non-hydrogen) atoms. The fourth-order valence-corrected chi connectivity index (χ4v) is 4.53. The van der Waals surface area contributed by atoms with Crippen molar-refractivity contribution in [3.8, 4) is 0 Å². The molecule has 2 saturated heterocycles. The van der Waals surface area contributed by atoms with E-state index < -0.39 is 17.0 Å². The van der Waals surface area contributed by atoms with Crippen molar-refractivity contribution in [1.29, 1.82) is 0 Å². The van der Waals surface area contributed by atoms with Crippen LogP contribution >= 0.6 is 0 Å². The second-order valence-corrected chi connectivity index (χ2v) is 7.64. The Hall–Kier alpha value is -1.04. The molecule has 3 nitrogen and oxygen atoms in total. The first-order valence-electron chi connectivity index (χ1n) is 9.02. The Kier molecular flexibility index (Phi) is 4.35. The summed E-state index contributed by atoms with van der Waals surface area (Å²) < 4.78 is 40.0. The van der Waals surface area contributed by atoms with E-state index in [1.54, 1.807) is 0 Å². The Morgan fingerprint density at radius 3 is 2.54 bits per heavy atom. The quantitative estimate of drug-likeness (QED) is 0.914. The fourth-order valence-electron chi connectivity index (χ4n) is 4.53. The van der Waals surface area contributed by atoms with Gasteiger partial charge < -0.3 is 14.8 Å². The Balaban J connectivity index is 1.46. The minimum Gasteiger partial charge on any atom is -0.378 e. The van der Waals surface area contributed by atoms with Gasteiger partial charge in [0.05, 0.1) is 12.2 Å². The van der Waals surface area contributed by atoms with Gasteiger partial charge >= 0.3 is 0 Å². The molecule has 0 amide bonds. The van der Waals surface area contributed by atoms with Crippen molar-refractivity contribution in [2.75, 3.05) is 26.4 Å². The summed E-state index contributed by atoms with van der Waals surface area (Å²) in [5.74, 6) is -0.826. The molecule has 1 spiro atoms. The summed E-state index contributed by atoms with van der Waals surface area (Å²) in [6.07, 6.45) is 5.52. The van der Waals surface area contributed by atoms with Crippen molar-refractivity contribution in [3.05, 3.63) is 35.4 Å². The second kappa shape index (κ2) is 6.36. The van der Waals surface area contributed by atoms with Crippen LogP contribution in [0.5, 0.6) is 0 Å². The van der Waals surface area contributed by atoms with Gasteiger partial charge in [-0.2, -0.15) is 0 Å². The monoisotopic (exact) mass is 337 g/mol. The van der Waals surface area contributed by atoms with Crippen molar-refractivity contribution in [1.82, 2.24) is 5.32 Å². The van der Waals surface area contributed by atoms with Crippen LogP contribution in [0.15, 0.2) is 18.2 Å². The van der Waals surface area contributed by atoms with E-state index in [0.717, 1.165) is 51.7 Å². The van der Waals surface area contributed by atoms with E-state index in [9.17, 15) is 8.78 Å². The zero-order valence-corrected chi connectivity index (χ0v) is 14.0. The topological polar surface area (TPSA) is 30.5 Å². The summed E-state index contributed by atoms with van der Waals surface area (Å²) in [4.78, 5) is 0. The lowest BCUT2D eigenvalue weighted by Gasteiger charge is -2.45. The summed E-state index contributed by atoms with van der Waals surface area (Å²) in [5, 5.41) is 3.60. The first-order valence-corrected chi connectivity index (χ1v) is 9.02. The maximum Gasteiger partial charge on any atom is 0.129 e. The van der Waals surface area contributed by atoms with E-state index in [4.69, 9.17) is 9.47 Å². The number of hydrogen-bond acceptors (Lipinski definition) is 3. The summed E-state index contributed by atoms with van der Waals surface area (Å²) in [6.45, 7) is 2.78. The molecule has 2 heterocycles. The molecule has 4 rings (SSSR count). The lowest BCUT2D eigenvalue weighted by molar-refractivity contribution is -0.0900. The molecule has 1 aliphatic carbocycles. The number of nitrogens with one attached hydrogen (secondary N) is 1. The number of rotatable bonds is 4. The van der Waals surface area contributed by atoms with E-state index >= 15 is 0 Å². The molecule has 2 atom stereocenters. The first-order chi connectivity index (χ1) is 11.6. The molecule has 3 fully saturated rings. The van der Waals surface area contributed by atoms with E-state index in [1.165, 1.54) is 18.2 Å². The highest BCUT2D eigenvalue weighted by Crippen LogP contribution is 2.45. The number of ether oxygens (including phenoxy) is 2. The van der Waals surface area contributed by atoms with Gasteiger partial charge in [-0.25, -0.2) is 8.78 Å². The van der Waals surface area contributed by atoms with Crippen LogP contribution in [0.1, 0.15) is 44.1 Å². The molecule has 1 aromatic carbocycles. The summed E-state index contributed by atoms with van der Waals surface area (Å²) in [5.41, 5.74) is -0.270. The fraction of sp³-hybridized carbons (Fsp3) is 0.684. The SMILES string of the molecule is Fc1cccc(F)c1C1(CNC2CCOC3(CCOC3)C2)CCC1. The molecule has 132 valence electrons. The minimum atomic E-state index is -0.413. The van der Waals surface area contributed by atoms with Crippen LogP contribution in [0.4, 0.5) is 8.78 Å². The van der Waals surface area contributed by atoms with Gasteiger partial charge in [0.2, 0.25) is 0 Å². The van der Waals surface area contributed by atoms with Gasteiger partial charge in [-0.05, 0) is 37.8 Å². The Morgan fingerprint density at radius 1 is 1.12 bits per heavy atom. The van der Waals surface area contributed by atoms with Crippen molar-refractivity contribution in [2.24, 2.45) is 0 Å². The van der Waals surface area contributed by atoms with Crippen molar-refractivity contribution in [3.63, 3.8) is 0 Å². The van der Waals surface area contributed by atoms with Crippen molar-refractivity contribution >= 4 is 0 Å². The van der Waals surface area contributed by atoms with Gasteiger partial charge in [-0.1, -0.05) is 12.5 Å². The molecule has 0 radical (unpaired) electrons. The maximum atomic E-state index is 14.3.